The van der Waals surface area contributed by atoms with Gasteiger partial charge in [-0.05, 0) is 44.0 Å². The van der Waals surface area contributed by atoms with Crippen molar-refractivity contribution in [3.05, 3.63) is 29.3 Å². The first-order valence-corrected chi connectivity index (χ1v) is 5.74. The first-order valence-electron chi connectivity index (χ1n) is 5.36. The summed E-state index contributed by atoms with van der Waals surface area (Å²) in [6.07, 6.45) is 2.10. The molecule has 1 saturated heterocycles. The van der Waals surface area contributed by atoms with E-state index in [0.29, 0.717) is 0 Å². The van der Waals surface area contributed by atoms with Crippen LogP contribution in [0.1, 0.15) is 19.8 Å². The summed E-state index contributed by atoms with van der Waals surface area (Å²) in [4.78, 5) is 2.37. The number of piperidine rings is 1. The Balaban J connectivity index is 2.04. The quantitative estimate of drug-likeness (QED) is 0.795. The molecule has 0 spiro atoms. The number of benzene rings is 1. The minimum Gasteiger partial charge on any atom is -0.371 e. The van der Waals surface area contributed by atoms with Crippen molar-refractivity contribution in [1.82, 2.24) is 0 Å². The number of hydrogen-bond acceptors (Lipinski definition) is 2. The van der Waals surface area contributed by atoms with Crippen LogP contribution in [0, 0.1) is 0 Å². The van der Waals surface area contributed by atoms with Gasteiger partial charge in [0, 0.05) is 29.3 Å². The molecule has 0 amide bonds. The van der Waals surface area contributed by atoms with Crippen molar-refractivity contribution in [2.75, 3.05) is 18.0 Å². The van der Waals surface area contributed by atoms with Crippen LogP contribution in [0.4, 0.5) is 5.69 Å². The van der Waals surface area contributed by atoms with E-state index in [1.165, 1.54) is 5.69 Å². The molecular formula is C12H17ClN2. The fourth-order valence-corrected chi connectivity index (χ4v) is 2.05. The third-order valence-corrected chi connectivity index (χ3v) is 3.35. The molecule has 1 aliphatic rings. The Morgan fingerprint density at radius 3 is 2.27 bits per heavy atom. The van der Waals surface area contributed by atoms with Gasteiger partial charge in [0.1, 0.15) is 0 Å². The van der Waals surface area contributed by atoms with Crippen molar-refractivity contribution in [2.45, 2.75) is 25.3 Å². The second-order valence-corrected chi connectivity index (χ2v) is 5.05. The average Bonchev–Trinajstić information content (AvgIpc) is 2.20. The van der Waals surface area contributed by atoms with Crippen molar-refractivity contribution in [1.29, 1.82) is 0 Å². The van der Waals surface area contributed by atoms with Gasteiger partial charge < -0.3 is 10.6 Å². The van der Waals surface area contributed by atoms with Gasteiger partial charge in [0.25, 0.3) is 0 Å². The second-order valence-electron chi connectivity index (χ2n) is 4.62. The normalized spacial score (nSPS) is 20.3. The fraction of sp³-hybridized carbons (Fsp3) is 0.500. The Hall–Kier alpha value is -0.730. The summed E-state index contributed by atoms with van der Waals surface area (Å²) in [5.41, 5.74) is 7.36. The highest BCUT2D eigenvalue weighted by molar-refractivity contribution is 6.30. The highest BCUT2D eigenvalue weighted by atomic mass is 35.5. The monoisotopic (exact) mass is 224 g/mol. The third kappa shape index (κ3) is 2.64. The number of rotatable bonds is 1. The highest BCUT2D eigenvalue weighted by Crippen LogP contribution is 2.25. The molecule has 3 heteroatoms. The lowest BCUT2D eigenvalue weighted by Gasteiger charge is -2.38. The molecule has 0 aromatic heterocycles. The van der Waals surface area contributed by atoms with E-state index in [0.717, 1.165) is 31.0 Å². The molecule has 2 N–H and O–H groups in total. The van der Waals surface area contributed by atoms with Crippen LogP contribution in [0.25, 0.3) is 0 Å². The summed E-state index contributed by atoms with van der Waals surface area (Å²) >= 11 is 5.86. The van der Waals surface area contributed by atoms with E-state index in [1.54, 1.807) is 0 Å². The van der Waals surface area contributed by atoms with Crippen molar-refractivity contribution >= 4 is 17.3 Å². The predicted octanol–water partition coefficient (Wildman–Crippen LogP) is 2.66. The maximum Gasteiger partial charge on any atom is 0.0407 e. The van der Waals surface area contributed by atoms with Gasteiger partial charge in [-0.25, -0.2) is 0 Å². The molecule has 1 heterocycles. The lowest BCUT2D eigenvalue weighted by molar-refractivity contribution is 0.364. The van der Waals surface area contributed by atoms with Crippen LogP contribution in [-0.4, -0.2) is 18.6 Å². The smallest absolute Gasteiger partial charge is 0.0407 e. The van der Waals surface area contributed by atoms with E-state index in [1.807, 2.05) is 12.1 Å². The van der Waals surface area contributed by atoms with Gasteiger partial charge in [-0.3, -0.25) is 0 Å². The van der Waals surface area contributed by atoms with Crippen LogP contribution in [0.15, 0.2) is 24.3 Å². The third-order valence-electron chi connectivity index (χ3n) is 3.10. The van der Waals surface area contributed by atoms with Crippen LogP contribution in [-0.2, 0) is 0 Å². The zero-order chi connectivity index (χ0) is 10.9. The van der Waals surface area contributed by atoms with E-state index in [-0.39, 0.29) is 5.54 Å². The maximum atomic E-state index is 6.09. The fourth-order valence-electron chi connectivity index (χ4n) is 1.93. The molecular weight excluding hydrogens is 208 g/mol. The molecule has 1 aromatic rings. The summed E-state index contributed by atoms with van der Waals surface area (Å²) < 4.78 is 0. The first kappa shape index (κ1) is 10.8. The molecule has 0 radical (unpaired) electrons. The van der Waals surface area contributed by atoms with Crippen LogP contribution in [0.3, 0.4) is 0 Å². The van der Waals surface area contributed by atoms with Crippen molar-refractivity contribution < 1.29 is 0 Å². The van der Waals surface area contributed by atoms with Crippen molar-refractivity contribution in [3.8, 4) is 0 Å². The lowest BCUT2D eigenvalue weighted by atomic mass is 9.91. The molecule has 2 nitrogen and oxygen atoms in total. The van der Waals surface area contributed by atoms with E-state index in [4.69, 9.17) is 17.3 Å². The maximum absolute atomic E-state index is 6.09. The van der Waals surface area contributed by atoms with Crippen LogP contribution >= 0.6 is 11.6 Å². The minimum atomic E-state index is 0.0168. The van der Waals surface area contributed by atoms with Crippen LogP contribution in [0.5, 0.6) is 0 Å². The van der Waals surface area contributed by atoms with Crippen LogP contribution in [0.2, 0.25) is 5.02 Å². The predicted molar refractivity (Wildman–Crippen MR) is 65.5 cm³/mol. The summed E-state index contributed by atoms with van der Waals surface area (Å²) in [6, 6.07) is 8.02. The molecule has 1 aliphatic heterocycles. The van der Waals surface area contributed by atoms with Gasteiger partial charge in [0.05, 0.1) is 0 Å². The lowest BCUT2D eigenvalue weighted by Crippen LogP contribution is -2.48. The van der Waals surface area contributed by atoms with Crippen molar-refractivity contribution in [2.24, 2.45) is 5.73 Å². The molecule has 0 unspecified atom stereocenters. The van der Waals surface area contributed by atoms with Gasteiger partial charge in [-0.2, -0.15) is 0 Å². The SMILES string of the molecule is CC1(N)CCN(c2ccc(Cl)cc2)CC1. The summed E-state index contributed by atoms with van der Waals surface area (Å²) in [5.74, 6) is 0. The molecule has 0 saturated carbocycles. The van der Waals surface area contributed by atoms with Gasteiger partial charge >= 0.3 is 0 Å². The van der Waals surface area contributed by atoms with Gasteiger partial charge in [-0.15, -0.1) is 0 Å². The van der Waals surface area contributed by atoms with Gasteiger partial charge in [0.2, 0.25) is 0 Å². The Morgan fingerprint density at radius 1 is 1.20 bits per heavy atom. The van der Waals surface area contributed by atoms with Gasteiger partial charge in [-0.1, -0.05) is 11.6 Å². The molecule has 2 rings (SSSR count). The molecule has 0 bridgehead atoms. The minimum absolute atomic E-state index is 0.0168. The Labute approximate surface area is 96.0 Å². The summed E-state index contributed by atoms with van der Waals surface area (Å²) in [6.45, 7) is 4.20. The molecule has 1 aromatic carbocycles. The number of nitrogens with zero attached hydrogens (tertiary/aromatic N) is 1. The van der Waals surface area contributed by atoms with E-state index in [2.05, 4.69) is 24.0 Å². The second kappa shape index (κ2) is 4.03. The van der Waals surface area contributed by atoms with E-state index >= 15 is 0 Å². The molecule has 0 aliphatic carbocycles. The van der Waals surface area contributed by atoms with Crippen LogP contribution < -0.4 is 10.6 Å². The number of nitrogens with two attached hydrogens (primary N) is 1. The Kier molecular flexibility index (Phi) is 2.89. The highest BCUT2D eigenvalue weighted by Gasteiger charge is 2.25. The van der Waals surface area contributed by atoms with Crippen molar-refractivity contribution in [3.63, 3.8) is 0 Å². The summed E-state index contributed by atoms with van der Waals surface area (Å²) in [5, 5.41) is 0.791. The van der Waals surface area contributed by atoms with Gasteiger partial charge in [0.15, 0.2) is 0 Å². The Morgan fingerprint density at radius 2 is 1.73 bits per heavy atom. The average molecular weight is 225 g/mol. The van der Waals surface area contributed by atoms with E-state index < -0.39 is 0 Å². The number of halogens is 1. The first-order chi connectivity index (χ1) is 7.07. The summed E-state index contributed by atoms with van der Waals surface area (Å²) in [7, 11) is 0. The zero-order valence-corrected chi connectivity index (χ0v) is 9.80. The molecule has 1 fully saturated rings. The number of hydrogen-bond donors (Lipinski definition) is 1. The molecule has 15 heavy (non-hydrogen) atoms. The zero-order valence-electron chi connectivity index (χ0n) is 9.04. The molecule has 0 atom stereocenters. The largest absolute Gasteiger partial charge is 0.371 e. The Bertz CT molecular complexity index is 322. The standard InChI is InChI=1S/C12H17ClN2/c1-12(14)6-8-15(9-7-12)11-4-2-10(13)3-5-11/h2-5H,6-9,14H2,1H3. The topological polar surface area (TPSA) is 29.3 Å². The molecule has 82 valence electrons. The number of anilines is 1. The van der Waals surface area contributed by atoms with E-state index in [9.17, 15) is 0 Å².